The molecule has 2 aromatic carbocycles. The zero-order chi connectivity index (χ0) is 15.5. The van der Waals surface area contributed by atoms with Gasteiger partial charge in [-0.1, -0.05) is 0 Å². The number of sulfonamides is 1. The molecule has 112 valence electrons. The Morgan fingerprint density at radius 3 is 2.19 bits per heavy atom. The predicted molar refractivity (Wildman–Crippen MR) is 82.0 cm³/mol. The molecule has 0 bridgehead atoms. The standard InChI is InChI=1S/C14H16N2O4S/c1-21(19,20)16-12-5-3-11(4-6-12)15-9-10-2-7-13(17)8-14(10)18/h2-8,15-18H,9H2,1H3. The van der Waals surface area contributed by atoms with E-state index in [1.165, 1.54) is 12.1 Å². The summed E-state index contributed by atoms with van der Waals surface area (Å²) >= 11 is 0. The van der Waals surface area contributed by atoms with Crippen molar-refractivity contribution in [1.29, 1.82) is 0 Å². The van der Waals surface area contributed by atoms with E-state index in [-0.39, 0.29) is 11.5 Å². The normalized spacial score (nSPS) is 11.1. The van der Waals surface area contributed by atoms with Crippen molar-refractivity contribution >= 4 is 21.4 Å². The highest BCUT2D eigenvalue weighted by atomic mass is 32.2. The molecule has 2 rings (SSSR count). The van der Waals surface area contributed by atoms with Crippen LogP contribution >= 0.6 is 0 Å². The fourth-order valence-corrected chi connectivity index (χ4v) is 2.33. The molecular formula is C14H16N2O4S. The average molecular weight is 308 g/mol. The minimum atomic E-state index is -3.28. The summed E-state index contributed by atoms with van der Waals surface area (Å²) in [7, 11) is -3.28. The third-order valence-electron chi connectivity index (χ3n) is 2.74. The Morgan fingerprint density at radius 1 is 1.00 bits per heavy atom. The number of aromatic hydroxyl groups is 2. The Kier molecular flexibility index (Phi) is 4.23. The zero-order valence-corrected chi connectivity index (χ0v) is 12.2. The van der Waals surface area contributed by atoms with Gasteiger partial charge in [0.15, 0.2) is 0 Å². The first kappa shape index (κ1) is 15.0. The summed E-state index contributed by atoms with van der Waals surface area (Å²) in [5.41, 5.74) is 1.91. The highest BCUT2D eigenvalue weighted by molar-refractivity contribution is 7.92. The summed E-state index contributed by atoms with van der Waals surface area (Å²) in [6.07, 6.45) is 1.09. The van der Waals surface area contributed by atoms with Gasteiger partial charge in [0.05, 0.1) is 6.26 Å². The van der Waals surface area contributed by atoms with Crippen LogP contribution in [-0.4, -0.2) is 24.9 Å². The number of benzene rings is 2. The van der Waals surface area contributed by atoms with Crippen molar-refractivity contribution in [2.45, 2.75) is 6.54 Å². The Hall–Kier alpha value is -2.41. The lowest BCUT2D eigenvalue weighted by molar-refractivity contribution is 0.446. The van der Waals surface area contributed by atoms with E-state index >= 15 is 0 Å². The molecule has 0 aromatic heterocycles. The molecule has 21 heavy (non-hydrogen) atoms. The fourth-order valence-electron chi connectivity index (χ4n) is 1.77. The van der Waals surface area contributed by atoms with Crippen molar-refractivity contribution in [3.8, 4) is 11.5 Å². The van der Waals surface area contributed by atoms with Gasteiger partial charge in [0.2, 0.25) is 10.0 Å². The third kappa shape index (κ3) is 4.57. The van der Waals surface area contributed by atoms with E-state index in [2.05, 4.69) is 10.0 Å². The Balaban J connectivity index is 2.00. The average Bonchev–Trinajstić information content (AvgIpc) is 2.38. The third-order valence-corrected chi connectivity index (χ3v) is 3.35. The lowest BCUT2D eigenvalue weighted by atomic mass is 10.2. The van der Waals surface area contributed by atoms with Crippen LogP contribution in [0.3, 0.4) is 0 Å². The van der Waals surface area contributed by atoms with Crippen LogP contribution in [0.5, 0.6) is 11.5 Å². The van der Waals surface area contributed by atoms with E-state index in [1.807, 2.05) is 0 Å². The van der Waals surface area contributed by atoms with Crippen LogP contribution in [0, 0.1) is 0 Å². The number of hydrogen-bond acceptors (Lipinski definition) is 5. The highest BCUT2D eigenvalue weighted by Crippen LogP contribution is 2.23. The van der Waals surface area contributed by atoms with Gasteiger partial charge in [0.1, 0.15) is 11.5 Å². The molecule has 4 N–H and O–H groups in total. The molecule has 0 radical (unpaired) electrons. The topological polar surface area (TPSA) is 98.7 Å². The van der Waals surface area contributed by atoms with Crippen molar-refractivity contribution in [2.75, 3.05) is 16.3 Å². The Bertz CT molecular complexity index is 727. The number of hydrogen-bond donors (Lipinski definition) is 4. The molecule has 0 aliphatic heterocycles. The molecule has 0 saturated heterocycles. The highest BCUT2D eigenvalue weighted by Gasteiger charge is 2.03. The van der Waals surface area contributed by atoms with E-state index in [0.29, 0.717) is 17.8 Å². The molecule has 0 aliphatic carbocycles. The number of nitrogens with one attached hydrogen (secondary N) is 2. The maximum atomic E-state index is 11.1. The van der Waals surface area contributed by atoms with E-state index in [1.54, 1.807) is 30.3 Å². The minimum Gasteiger partial charge on any atom is -0.508 e. The molecule has 0 atom stereocenters. The van der Waals surface area contributed by atoms with Crippen molar-refractivity contribution in [3.05, 3.63) is 48.0 Å². The predicted octanol–water partition coefficient (Wildman–Crippen LogP) is 2.08. The van der Waals surface area contributed by atoms with Gasteiger partial charge < -0.3 is 15.5 Å². The van der Waals surface area contributed by atoms with Crippen molar-refractivity contribution in [1.82, 2.24) is 0 Å². The van der Waals surface area contributed by atoms with Gasteiger partial charge in [-0.3, -0.25) is 4.72 Å². The van der Waals surface area contributed by atoms with Gasteiger partial charge in [-0.25, -0.2) is 8.42 Å². The first-order valence-corrected chi connectivity index (χ1v) is 8.05. The van der Waals surface area contributed by atoms with E-state index in [9.17, 15) is 18.6 Å². The number of phenolic OH excluding ortho intramolecular Hbond substituents is 2. The smallest absolute Gasteiger partial charge is 0.229 e. The summed E-state index contributed by atoms with van der Waals surface area (Å²) < 4.78 is 24.5. The second-order valence-corrected chi connectivity index (χ2v) is 6.37. The van der Waals surface area contributed by atoms with Crippen molar-refractivity contribution in [3.63, 3.8) is 0 Å². The first-order chi connectivity index (χ1) is 9.83. The van der Waals surface area contributed by atoms with E-state index < -0.39 is 10.0 Å². The summed E-state index contributed by atoms with van der Waals surface area (Å²) in [5, 5.41) is 22.0. The number of rotatable bonds is 5. The van der Waals surface area contributed by atoms with Gasteiger partial charge in [-0.15, -0.1) is 0 Å². The van der Waals surface area contributed by atoms with Crippen LogP contribution in [-0.2, 0) is 16.6 Å². The van der Waals surface area contributed by atoms with E-state index in [4.69, 9.17) is 0 Å². The number of anilines is 2. The molecule has 6 nitrogen and oxygen atoms in total. The SMILES string of the molecule is CS(=O)(=O)Nc1ccc(NCc2ccc(O)cc2O)cc1. The molecule has 0 unspecified atom stereocenters. The molecule has 0 spiro atoms. The summed E-state index contributed by atoms with van der Waals surface area (Å²) in [5.74, 6) is 0.0188. The van der Waals surface area contributed by atoms with Crippen LogP contribution in [0.15, 0.2) is 42.5 Å². The monoisotopic (exact) mass is 308 g/mol. The Labute approximate surface area is 123 Å². The Morgan fingerprint density at radius 2 is 1.62 bits per heavy atom. The zero-order valence-electron chi connectivity index (χ0n) is 11.4. The van der Waals surface area contributed by atoms with Gasteiger partial charge in [-0.2, -0.15) is 0 Å². The van der Waals surface area contributed by atoms with Gasteiger partial charge in [0.25, 0.3) is 0 Å². The molecule has 0 aliphatic rings. The molecule has 0 amide bonds. The lowest BCUT2D eigenvalue weighted by Crippen LogP contribution is -2.09. The summed E-state index contributed by atoms with van der Waals surface area (Å²) in [6, 6.07) is 11.1. The maximum Gasteiger partial charge on any atom is 0.229 e. The summed E-state index contributed by atoms with van der Waals surface area (Å²) in [6.45, 7) is 0.380. The molecule has 7 heteroatoms. The number of phenols is 2. The largest absolute Gasteiger partial charge is 0.508 e. The van der Waals surface area contributed by atoms with Gasteiger partial charge in [-0.05, 0) is 36.4 Å². The summed E-state index contributed by atoms with van der Waals surface area (Å²) in [4.78, 5) is 0. The van der Waals surface area contributed by atoms with E-state index in [0.717, 1.165) is 11.9 Å². The van der Waals surface area contributed by atoms with Crippen LogP contribution in [0.4, 0.5) is 11.4 Å². The molecular weight excluding hydrogens is 292 g/mol. The van der Waals surface area contributed by atoms with Crippen LogP contribution < -0.4 is 10.0 Å². The van der Waals surface area contributed by atoms with Crippen molar-refractivity contribution < 1.29 is 18.6 Å². The second-order valence-electron chi connectivity index (χ2n) is 4.62. The minimum absolute atomic E-state index is 0.00690. The fraction of sp³-hybridized carbons (Fsp3) is 0.143. The second kappa shape index (κ2) is 5.92. The molecule has 0 saturated carbocycles. The van der Waals surface area contributed by atoms with Crippen LogP contribution in [0.25, 0.3) is 0 Å². The molecule has 0 fully saturated rings. The maximum absolute atomic E-state index is 11.1. The lowest BCUT2D eigenvalue weighted by Gasteiger charge is -2.09. The van der Waals surface area contributed by atoms with Gasteiger partial charge in [0, 0.05) is 29.5 Å². The van der Waals surface area contributed by atoms with Crippen LogP contribution in [0.1, 0.15) is 5.56 Å². The molecule has 2 aromatic rings. The van der Waals surface area contributed by atoms with Crippen molar-refractivity contribution in [2.24, 2.45) is 0 Å². The quantitative estimate of drug-likeness (QED) is 0.678. The van der Waals surface area contributed by atoms with Gasteiger partial charge >= 0.3 is 0 Å². The van der Waals surface area contributed by atoms with Crippen LogP contribution in [0.2, 0.25) is 0 Å². The molecule has 0 heterocycles. The first-order valence-electron chi connectivity index (χ1n) is 6.16.